The average Bonchev–Trinajstić information content (AvgIpc) is 1.80. The fraction of sp³-hybridized carbons (Fsp3) is 0.800. The van der Waals surface area contributed by atoms with Crippen LogP contribution >= 0.6 is 0 Å². The maximum Gasteiger partial charge on any atom is 0.302 e. The van der Waals surface area contributed by atoms with Crippen molar-refractivity contribution in [3.63, 3.8) is 0 Å². The van der Waals surface area contributed by atoms with Crippen LogP contribution in [0.3, 0.4) is 0 Å². The molecule has 1 unspecified atom stereocenters. The fourth-order valence-electron chi connectivity index (χ4n) is 0.321. The Balaban J connectivity index is 0. The normalized spacial score (nSPS) is 12.9. The van der Waals surface area contributed by atoms with E-state index < -0.39 is 21.3 Å². The summed E-state index contributed by atoms with van der Waals surface area (Å²) in [5.74, 6) is -0.569. The van der Waals surface area contributed by atoms with Gasteiger partial charge in [-0.3, -0.25) is 9.35 Å². The van der Waals surface area contributed by atoms with E-state index in [0.29, 0.717) is 0 Å². The summed E-state index contributed by atoms with van der Waals surface area (Å²) in [6, 6.07) is 0. The summed E-state index contributed by atoms with van der Waals surface area (Å²) in [5.41, 5.74) is 0. The lowest BCUT2D eigenvalue weighted by Gasteiger charge is -2.06. The molecule has 1 atom stereocenters. The summed E-state index contributed by atoms with van der Waals surface area (Å²) in [4.78, 5) is 10.2. The van der Waals surface area contributed by atoms with E-state index in [2.05, 4.69) is 4.74 Å². The van der Waals surface area contributed by atoms with Crippen molar-refractivity contribution in [2.75, 3.05) is 6.61 Å². The Morgan fingerprint density at radius 3 is 2.25 bits per heavy atom. The first-order valence-corrected chi connectivity index (χ1v) is 4.44. The molecule has 0 heterocycles. The van der Waals surface area contributed by atoms with Gasteiger partial charge in [-0.25, -0.2) is 0 Å². The molecule has 12 heavy (non-hydrogen) atoms. The quantitative estimate of drug-likeness (QED) is 0.381. The van der Waals surface area contributed by atoms with E-state index in [1.54, 1.807) is 0 Å². The van der Waals surface area contributed by atoms with Crippen LogP contribution in [0.1, 0.15) is 13.8 Å². The number of ether oxygens (including phenoxy) is 1. The molecule has 0 aromatic carbocycles. The van der Waals surface area contributed by atoms with Crippen LogP contribution in [0.2, 0.25) is 0 Å². The third-order valence-corrected chi connectivity index (χ3v) is 2.18. The highest BCUT2D eigenvalue weighted by molar-refractivity contribution is 7.86. The maximum absolute atomic E-state index is 10.3. The maximum atomic E-state index is 10.3. The van der Waals surface area contributed by atoms with Gasteiger partial charge in [-0.2, -0.15) is 8.42 Å². The molecule has 2 radical (unpaired) electrons. The first kappa shape index (κ1) is 14.7. The van der Waals surface area contributed by atoms with Crippen LogP contribution < -0.4 is 0 Å². The molecule has 0 saturated heterocycles. The van der Waals surface area contributed by atoms with Gasteiger partial charge >= 0.3 is 5.97 Å². The molecule has 68 valence electrons. The molecule has 0 aliphatic heterocycles. The van der Waals surface area contributed by atoms with Crippen LogP contribution in [-0.2, 0) is 19.6 Å². The lowest BCUT2D eigenvalue weighted by atomic mass is 10.5. The summed E-state index contributed by atoms with van der Waals surface area (Å²) < 4.78 is 33.3. The minimum atomic E-state index is -4.08. The highest BCUT2D eigenvalue weighted by atomic mass is 32.2. The topological polar surface area (TPSA) is 80.7 Å². The molecule has 0 aliphatic carbocycles. The number of esters is 1. The molecule has 0 saturated carbocycles. The van der Waals surface area contributed by atoms with Gasteiger partial charge in [0.25, 0.3) is 10.1 Å². The number of carbonyl (C=O) groups is 1. The second-order valence-electron chi connectivity index (χ2n) is 2.13. The van der Waals surface area contributed by atoms with E-state index in [0.717, 1.165) is 6.92 Å². The fourth-order valence-corrected chi connectivity index (χ4v) is 0.561. The van der Waals surface area contributed by atoms with Crippen molar-refractivity contribution in [2.24, 2.45) is 0 Å². The van der Waals surface area contributed by atoms with Crippen molar-refractivity contribution in [3.8, 4) is 0 Å². The van der Waals surface area contributed by atoms with Crippen LogP contribution in [-0.4, -0.2) is 53.8 Å². The summed E-state index contributed by atoms with van der Waals surface area (Å²) in [5, 5.41) is -1.06. The Hall–Kier alpha value is 0.146. The van der Waals surface area contributed by atoms with Gasteiger partial charge in [-0.05, 0) is 6.92 Å². The molecule has 1 N–H and O–H groups in total. The highest BCUT2D eigenvalue weighted by Crippen LogP contribution is 1.97. The van der Waals surface area contributed by atoms with Crippen LogP contribution in [0.25, 0.3) is 0 Å². The molecular weight excluding hydrogens is 196 g/mol. The lowest BCUT2D eigenvalue weighted by Crippen LogP contribution is -2.23. The molecule has 0 aliphatic rings. The van der Waals surface area contributed by atoms with Gasteiger partial charge in [-0.1, -0.05) is 0 Å². The van der Waals surface area contributed by atoms with Gasteiger partial charge in [0.15, 0.2) is 0 Å². The van der Waals surface area contributed by atoms with E-state index >= 15 is 0 Å². The van der Waals surface area contributed by atoms with Crippen molar-refractivity contribution >= 4 is 39.1 Å². The molecule has 7 heteroatoms. The summed E-state index contributed by atoms with van der Waals surface area (Å²) in [6.07, 6.45) is 0. The van der Waals surface area contributed by atoms with Gasteiger partial charge in [0.05, 0.1) is 0 Å². The van der Waals surface area contributed by atoms with Crippen molar-refractivity contribution in [1.29, 1.82) is 0 Å². The van der Waals surface area contributed by atoms with Crippen molar-refractivity contribution < 1.29 is 22.5 Å². The largest absolute Gasteiger partial charge is 0.464 e. The molecule has 0 spiro atoms. The molecule has 0 amide bonds. The Morgan fingerprint density at radius 1 is 1.58 bits per heavy atom. The number of rotatable bonds is 3. The summed E-state index contributed by atoms with van der Waals surface area (Å²) in [7, 11) is -4.08. The smallest absolute Gasteiger partial charge is 0.302 e. The average molecular weight is 207 g/mol. The van der Waals surface area contributed by atoms with Crippen LogP contribution in [0.4, 0.5) is 0 Å². The Bertz CT molecular complexity index is 234. The number of carbonyl (C=O) groups excluding carboxylic acids is 1. The molecule has 0 rings (SSSR count). The third-order valence-electron chi connectivity index (χ3n) is 1.03. The molecule has 0 aromatic heterocycles. The van der Waals surface area contributed by atoms with Crippen LogP contribution in [0.15, 0.2) is 0 Å². The summed E-state index contributed by atoms with van der Waals surface area (Å²) >= 11 is 0. The number of hydrogen-bond acceptors (Lipinski definition) is 4. The molecular formula is C5H10MgO5S. The minimum absolute atomic E-state index is 0. The Morgan fingerprint density at radius 2 is 2.00 bits per heavy atom. The third kappa shape index (κ3) is 6.83. The molecule has 0 fully saturated rings. The van der Waals surface area contributed by atoms with Crippen molar-refractivity contribution in [3.05, 3.63) is 0 Å². The highest BCUT2D eigenvalue weighted by Gasteiger charge is 2.17. The Labute approximate surface area is 87.4 Å². The zero-order valence-corrected chi connectivity index (χ0v) is 9.21. The van der Waals surface area contributed by atoms with E-state index in [-0.39, 0.29) is 29.7 Å². The predicted molar refractivity (Wildman–Crippen MR) is 43.4 cm³/mol. The second-order valence-corrected chi connectivity index (χ2v) is 3.96. The zero-order chi connectivity index (χ0) is 9.07. The predicted octanol–water partition coefficient (Wildman–Crippen LogP) is -0.555. The Kier molecular flexibility index (Phi) is 7.00. The van der Waals surface area contributed by atoms with Gasteiger partial charge in [0.2, 0.25) is 0 Å². The van der Waals surface area contributed by atoms with Gasteiger partial charge in [-0.15, -0.1) is 0 Å². The van der Waals surface area contributed by atoms with E-state index in [4.69, 9.17) is 4.55 Å². The standard InChI is InChI=1S/C5H10O5S.Mg/c1-4(11(7,8)9)3-10-5(2)6;/h4H,3H2,1-2H3,(H,7,8,9);. The molecule has 0 bridgehead atoms. The van der Waals surface area contributed by atoms with Crippen LogP contribution in [0, 0.1) is 0 Å². The monoisotopic (exact) mass is 206 g/mol. The van der Waals surface area contributed by atoms with Gasteiger partial charge in [0.1, 0.15) is 11.9 Å². The van der Waals surface area contributed by atoms with Gasteiger partial charge in [0, 0.05) is 30.0 Å². The van der Waals surface area contributed by atoms with Crippen molar-refractivity contribution in [1.82, 2.24) is 0 Å². The van der Waals surface area contributed by atoms with Gasteiger partial charge < -0.3 is 4.74 Å². The molecule has 5 nitrogen and oxygen atoms in total. The SMILES string of the molecule is CC(=O)OCC(C)S(=O)(=O)O.[Mg]. The first-order valence-electron chi connectivity index (χ1n) is 2.93. The van der Waals surface area contributed by atoms with E-state index in [1.807, 2.05) is 0 Å². The van der Waals surface area contributed by atoms with Crippen molar-refractivity contribution in [2.45, 2.75) is 19.1 Å². The minimum Gasteiger partial charge on any atom is -0.464 e. The van der Waals surface area contributed by atoms with E-state index in [9.17, 15) is 13.2 Å². The first-order chi connectivity index (χ1) is 4.84. The van der Waals surface area contributed by atoms with E-state index in [1.165, 1.54) is 6.92 Å². The van der Waals surface area contributed by atoms with Crippen LogP contribution in [0.5, 0.6) is 0 Å². The lowest BCUT2D eigenvalue weighted by molar-refractivity contribution is -0.140. The zero-order valence-electron chi connectivity index (χ0n) is 6.98. The summed E-state index contributed by atoms with van der Waals surface area (Å²) in [6.45, 7) is 2.10. The second kappa shape index (κ2) is 5.73. The number of hydrogen-bond donors (Lipinski definition) is 1. The molecule has 0 aromatic rings.